The fraction of sp³-hybridized carbons (Fsp3) is 0.231. The molecule has 0 radical (unpaired) electrons. The van der Waals surface area contributed by atoms with Crippen molar-refractivity contribution in [1.29, 1.82) is 0 Å². The Hall–Kier alpha value is -1.15. The number of aromatic hydroxyl groups is 1. The van der Waals surface area contributed by atoms with Gasteiger partial charge in [-0.2, -0.15) is 5.10 Å². The van der Waals surface area contributed by atoms with Gasteiger partial charge in [-0.25, -0.2) is 4.98 Å². The van der Waals surface area contributed by atoms with Gasteiger partial charge in [0.25, 0.3) is 0 Å². The third-order valence-electron chi connectivity index (χ3n) is 2.49. The Morgan fingerprint density at radius 1 is 1.42 bits per heavy atom. The maximum atomic E-state index is 9.91. The van der Waals surface area contributed by atoms with E-state index in [1.54, 1.807) is 30.5 Å². The van der Waals surface area contributed by atoms with E-state index in [0.29, 0.717) is 11.3 Å². The molecule has 0 atom stereocenters. The zero-order valence-electron chi connectivity index (χ0n) is 11.0. The number of phenolic OH excluding ortho intramolecular Hbond substituents is 1. The second kappa shape index (κ2) is 7.44. The van der Waals surface area contributed by atoms with Gasteiger partial charge in [0, 0.05) is 11.8 Å². The summed E-state index contributed by atoms with van der Waals surface area (Å²) in [6.07, 6.45) is 1.80. The van der Waals surface area contributed by atoms with Crippen molar-refractivity contribution in [3.05, 3.63) is 35.0 Å². The first-order valence-corrected chi connectivity index (χ1v) is 8.47. The SMILES string of the molecule is C/C(=N\N)c1ccc(-c2cnc(C)s2)cc1O.CI. The predicted molar refractivity (Wildman–Crippen MR) is 90.3 cm³/mol. The molecule has 19 heavy (non-hydrogen) atoms. The third kappa shape index (κ3) is 3.90. The highest BCUT2D eigenvalue weighted by molar-refractivity contribution is 14.1. The van der Waals surface area contributed by atoms with E-state index in [-0.39, 0.29) is 5.75 Å². The number of hydrogen-bond acceptors (Lipinski definition) is 5. The van der Waals surface area contributed by atoms with Gasteiger partial charge in [0.2, 0.25) is 0 Å². The van der Waals surface area contributed by atoms with Crippen molar-refractivity contribution < 1.29 is 5.11 Å². The lowest BCUT2D eigenvalue weighted by atomic mass is 10.1. The number of hydrogen-bond donors (Lipinski definition) is 2. The highest BCUT2D eigenvalue weighted by Gasteiger charge is 2.08. The van der Waals surface area contributed by atoms with Gasteiger partial charge in [-0.1, -0.05) is 28.7 Å². The molecule has 0 aliphatic carbocycles. The van der Waals surface area contributed by atoms with Crippen LogP contribution in [0.4, 0.5) is 0 Å². The largest absolute Gasteiger partial charge is 0.507 e. The quantitative estimate of drug-likeness (QED) is 0.271. The lowest BCUT2D eigenvalue weighted by Gasteiger charge is -2.05. The number of aryl methyl sites for hydroxylation is 1. The fourth-order valence-electron chi connectivity index (χ4n) is 1.56. The van der Waals surface area contributed by atoms with Gasteiger partial charge >= 0.3 is 0 Å². The summed E-state index contributed by atoms with van der Waals surface area (Å²) in [5.74, 6) is 5.38. The summed E-state index contributed by atoms with van der Waals surface area (Å²) in [7, 11) is 0. The average Bonchev–Trinajstić information content (AvgIpc) is 2.87. The van der Waals surface area contributed by atoms with Crippen molar-refractivity contribution in [3.8, 4) is 16.2 Å². The molecule has 0 saturated heterocycles. The van der Waals surface area contributed by atoms with Gasteiger partial charge in [-0.05, 0) is 36.5 Å². The van der Waals surface area contributed by atoms with E-state index in [9.17, 15) is 5.11 Å². The summed E-state index contributed by atoms with van der Waals surface area (Å²) in [4.78, 5) is 7.19. The van der Waals surface area contributed by atoms with E-state index in [1.807, 2.05) is 24.0 Å². The van der Waals surface area contributed by atoms with Crippen LogP contribution < -0.4 is 5.84 Å². The van der Waals surface area contributed by atoms with E-state index in [0.717, 1.165) is 15.4 Å². The van der Waals surface area contributed by atoms with E-state index in [2.05, 4.69) is 32.7 Å². The number of hydrazone groups is 1. The molecule has 1 heterocycles. The summed E-state index contributed by atoms with van der Waals surface area (Å²) >= 11 is 3.74. The van der Waals surface area contributed by atoms with Gasteiger partial charge in [0.05, 0.1) is 15.6 Å². The van der Waals surface area contributed by atoms with Crippen molar-refractivity contribution >= 4 is 39.6 Å². The zero-order chi connectivity index (χ0) is 14.4. The summed E-state index contributed by atoms with van der Waals surface area (Å²) in [6, 6.07) is 5.44. The highest BCUT2D eigenvalue weighted by Crippen LogP contribution is 2.30. The van der Waals surface area contributed by atoms with Crippen LogP contribution in [0.5, 0.6) is 5.75 Å². The number of nitrogens with two attached hydrogens (primary N) is 1. The Morgan fingerprint density at radius 2 is 2.11 bits per heavy atom. The standard InChI is InChI=1S/C12H13N3OS.CH3I/c1-7(15-13)10-4-3-9(5-11(10)16)12-6-14-8(2)17-12;1-2/h3-6,16H,13H2,1-2H3;1H3/b15-7+;. The number of thiazole rings is 1. The smallest absolute Gasteiger partial charge is 0.125 e. The molecule has 4 nitrogen and oxygen atoms in total. The summed E-state index contributed by atoms with van der Waals surface area (Å²) in [6.45, 7) is 3.71. The molecular formula is C13H16IN3OS. The number of nitrogens with zero attached hydrogens (tertiary/aromatic N) is 2. The van der Waals surface area contributed by atoms with Crippen LogP contribution in [0.1, 0.15) is 17.5 Å². The minimum Gasteiger partial charge on any atom is -0.507 e. The van der Waals surface area contributed by atoms with Gasteiger partial charge in [-0.15, -0.1) is 11.3 Å². The van der Waals surface area contributed by atoms with Crippen LogP contribution in [0.2, 0.25) is 0 Å². The Morgan fingerprint density at radius 3 is 2.58 bits per heavy atom. The Kier molecular flexibility index (Phi) is 6.23. The van der Waals surface area contributed by atoms with Crippen LogP contribution in [0.15, 0.2) is 29.5 Å². The Bertz CT molecular complexity index is 581. The second-order valence-electron chi connectivity index (χ2n) is 3.69. The molecule has 0 aliphatic heterocycles. The monoisotopic (exact) mass is 389 g/mol. The topological polar surface area (TPSA) is 71.5 Å². The first-order chi connectivity index (χ1) is 9.11. The number of aromatic nitrogens is 1. The van der Waals surface area contributed by atoms with Crippen molar-refractivity contribution in [3.63, 3.8) is 0 Å². The van der Waals surface area contributed by atoms with Crippen molar-refractivity contribution in [2.24, 2.45) is 10.9 Å². The van der Waals surface area contributed by atoms with Gasteiger partial charge in [-0.3, -0.25) is 0 Å². The maximum Gasteiger partial charge on any atom is 0.125 e. The normalized spacial score (nSPS) is 10.8. The number of alkyl halides is 1. The van der Waals surface area contributed by atoms with Crippen LogP contribution in [0.25, 0.3) is 10.4 Å². The van der Waals surface area contributed by atoms with Crippen LogP contribution in [0.3, 0.4) is 0 Å². The maximum absolute atomic E-state index is 9.91. The average molecular weight is 389 g/mol. The van der Waals surface area contributed by atoms with Crippen LogP contribution in [-0.2, 0) is 0 Å². The second-order valence-corrected chi connectivity index (χ2v) is 4.92. The Balaban J connectivity index is 0.000000861. The van der Waals surface area contributed by atoms with E-state index in [1.165, 1.54) is 0 Å². The molecule has 0 spiro atoms. The number of halogens is 1. The third-order valence-corrected chi connectivity index (χ3v) is 3.45. The van der Waals surface area contributed by atoms with Gasteiger partial charge in [0.1, 0.15) is 5.75 Å². The zero-order valence-corrected chi connectivity index (χ0v) is 14.0. The molecule has 0 saturated carbocycles. The van der Waals surface area contributed by atoms with Crippen molar-refractivity contribution in [1.82, 2.24) is 4.98 Å². The van der Waals surface area contributed by atoms with Crippen molar-refractivity contribution in [2.75, 3.05) is 4.93 Å². The summed E-state index contributed by atoms with van der Waals surface area (Å²) < 4.78 is 0. The minimum atomic E-state index is 0.181. The van der Waals surface area contributed by atoms with Crippen LogP contribution in [0, 0.1) is 6.92 Å². The molecule has 1 aromatic carbocycles. The summed E-state index contributed by atoms with van der Waals surface area (Å²) in [5, 5.41) is 14.5. The molecule has 0 fully saturated rings. The van der Waals surface area contributed by atoms with Crippen LogP contribution in [-0.4, -0.2) is 20.7 Å². The van der Waals surface area contributed by atoms with Gasteiger partial charge < -0.3 is 10.9 Å². The minimum absolute atomic E-state index is 0.181. The fourth-order valence-corrected chi connectivity index (χ4v) is 2.33. The molecule has 0 aliphatic rings. The number of rotatable bonds is 2. The first-order valence-electron chi connectivity index (χ1n) is 5.50. The number of phenols is 1. The lowest BCUT2D eigenvalue weighted by Crippen LogP contribution is -1.98. The molecule has 0 amide bonds. The molecule has 102 valence electrons. The lowest BCUT2D eigenvalue weighted by molar-refractivity contribution is 0.474. The van der Waals surface area contributed by atoms with Crippen LogP contribution >= 0.6 is 33.9 Å². The molecular weight excluding hydrogens is 373 g/mol. The highest BCUT2D eigenvalue weighted by atomic mass is 127. The van der Waals surface area contributed by atoms with E-state index < -0.39 is 0 Å². The Labute approximate surface area is 130 Å². The molecule has 3 N–H and O–H groups in total. The molecule has 2 rings (SSSR count). The van der Waals surface area contributed by atoms with Crippen molar-refractivity contribution in [2.45, 2.75) is 13.8 Å². The van der Waals surface area contributed by atoms with E-state index in [4.69, 9.17) is 5.84 Å². The molecule has 0 bridgehead atoms. The molecule has 6 heteroatoms. The molecule has 1 aromatic heterocycles. The van der Waals surface area contributed by atoms with E-state index >= 15 is 0 Å². The predicted octanol–water partition coefficient (Wildman–Crippen LogP) is 3.56. The molecule has 2 aromatic rings. The first kappa shape index (κ1) is 15.9. The number of benzene rings is 1. The summed E-state index contributed by atoms with van der Waals surface area (Å²) in [5.41, 5.74) is 2.20. The molecule has 0 unspecified atom stereocenters. The van der Waals surface area contributed by atoms with Gasteiger partial charge in [0.15, 0.2) is 0 Å².